The quantitative estimate of drug-likeness (QED) is 0.641. The standard InChI is InChI=1S/C21H16F4N4O/c1-3-14(20(30)27-13-6-5-9-26-11-13)18-17(4-2)28-19(29-18)15-10-12(22)7-8-16(15)21(23,24)25/h3-11H,1H2,2H3,(H,27,30)(H,28,29)/b17-4+,18-14-. The van der Waals surface area contributed by atoms with E-state index in [2.05, 4.69) is 26.8 Å². The van der Waals surface area contributed by atoms with Gasteiger partial charge in [0, 0.05) is 11.8 Å². The van der Waals surface area contributed by atoms with Crippen LogP contribution in [0.5, 0.6) is 0 Å². The number of nitrogens with one attached hydrogen (secondary N) is 2. The number of carbonyl (C=O) groups is 1. The van der Waals surface area contributed by atoms with Gasteiger partial charge in [-0.25, -0.2) is 9.37 Å². The third kappa shape index (κ3) is 4.29. The SMILES string of the molecule is C=C/C(C(=O)Nc1cccnc1)=c1/nc(-c2cc(F)ccc2C(F)(F)F)[nH]/c1=C/C. The minimum atomic E-state index is -4.71. The van der Waals surface area contributed by atoms with E-state index >= 15 is 0 Å². The maximum atomic E-state index is 13.7. The number of benzene rings is 1. The number of anilines is 1. The van der Waals surface area contributed by atoms with Crippen molar-refractivity contribution < 1.29 is 22.4 Å². The lowest BCUT2D eigenvalue weighted by Gasteiger charge is -2.11. The van der Waals surface area contributed by atoms with Gasteiger partial charge in [-0.1, -0.05) is 18.7 Å². The van der Waals surface area contributed by atoms with E-state index in [0.29, 0.717) is 17.1 Å². The molecule has 0 bridgehead atoms. The topological polar surface area (TPSA) is 70.7 Å². The summed E-state index contributed by atoms with van der Waals surface area (Å²) < 4.78 is 53.9. The molecule has 0 aliphatic heterocycles. The van der Waals surface area contributed by atoms with E-state index in [1.807, 2.05) is 0 Å². The molecule has 0 aliphatic carbocycles. The molecule has 0 unspecified atom stereocenters. The molecule has 0 aliphatic rings. The molecule has 2 aromatic heterocycles. The molecule has 1 aromatic carbocycles. The van der Waals surface area contributed by atoms with Crippen LogP contribution < -0.4 is 16.0 Å². The molecule has 154 valence electrons. The van der Waals surface area contributed by atoms with E-state index in [0.717, 1.165) is 12.1 Å². The zero-order valence-corrected chi connectivity index (χ0v) is 15.7. The highest BCUT2D eigenvalue weighted by Gasteiger charge is 2.34. The van der Waals surface area contributed by atoms with E-state index in [1.54, 1.807) is 25.1 Å². The summed E-state index contributed by atoms with van der Waals surface area (Å²) in [5.41, 5.74) is -1.07. The molecule has 5 nitrogen and oxygen atoms in total. The summed E-state index contributed by atoms with van der Waals surface area (Å²) in [6.45, 7) is 5.23. The Labute approximate surface area is 168 Å². The molecule has 0 radical (unpaired) electrons. The first-order valence-electron chi connectivity index (χ1n) is 8.72. The highest BCUT2D eigenvalue weighted by Crippen LogP contribution is 2.35. The second kappa shape index (κ2) is 8.32. The fourth-order valence-corrected chi connectivity index (χ4v) is 2.82. The Kier molecular flexibility index (Phi) is 5.81. The molecule has 1 amide bonds. The Morgan fingerprint density at radius 2 is 2.03 bits per heavy atom. The fourth-order valence-electron chi connectivity index (χ4n) is 2.82. The van der Waals surface area contributed by atoms with Crippen LogP contribution in [-0.4, -0.2) is 20.9 Å². The number of H-pyrrole nitrogens is 1. The molecule has 3 aromatic rings. The number of hydrogen-bond donors (Lipinski definition) is 2. The van der Waals surface area contributed by atoms with E-state index in [4.69, 9.17) is 0 Å². The van der Waals surface area contributed by atoms with Crippen LogP contribution in [-0.2, 0) is 11.0 Å². The van der Waals surface area contributed by atoms with Crippen LogP contribution >= 0.6 is 0 Å². The fraction of sp³-hybridized carbons (Fsp3) is 0.0952. The number of aromatic nitrogens is 3. The predicted molar refractivity (Wildman–Crippen MR) is 105 cm³/mol. The third-order valence-corrected chi connectivity index (χ3v) is 4.19. The van der Waals surface area contributed by atoms with Crippen molar-refractivity contribution in [2.45, 2.75) is 13.1 Å². The van der Waals surface area contributed by atoms with Crippen LogP contribution in [0.3, 0.4) is 0 Å². The van der Waals surface area contributed by atoms with Crippen LogP contribution in [0.2, 0.25) is 0 Å². The summed E-state index contributed by atoms with van der Waals surface area (Å²) in [5, 5.41) is 2.99. The number of rotatable bonds is 4. The number of amides is 1. The molecular weight excluding hydrogens is 400 g/mol. The Hall–Kier alpha value is -3.75. The van der Waals surface area contributed by atoms with Gasteiger partial charge in [-0.3, -0.25) is 9.78 Å². The van der Waals surface area contributed by atoms with Gasteiger partial charge in [0.2, 0.25) is 0 Å². The van der Waals surface area contributed by atoms with Gasteiger partial charge in [-0.2, -0.15) is 13.2 Å². The van der Waals surface area contributed by atoms with Crippen molar-refractivity contribution in [3.63, 3.8) is 0 Å². The monoisotopic (exact) mass is 416 g/mol. The van der Waals surface area contributed by atoms with Gasteiger partial charge in [0.1, 0.15) is 17.0 Å². The Morgan fingerprint density at radius 3 is 2.63 bits per heavy atom. The zero-order valence-electron chi connectivity index (χ0n) is 15.7. The van der Waals surface area contributed by atoms with Gasteiger partial charge in [0.15, 0.2) is 0 Å². The Morgan fingerprint density at radius 1 is 1.27 bits per heavy atom. The van der Waals surface area contributed by atoms with E-state index in [9.17, 15) is 22.4 Å². The van der Waals surface area contributed by atoms with Gasteiger partial charge in [-0.15, -0.1) is 0 Å². The smallest absolute Gasteiger partial charge is 0.338 e. The summed E-state index contributed by atoms with van der Waals surface area (Å²) >= 11 is 0. The van der Waals surface area contributed by atoms with E-state index < -0.39 is 29.0 Å². The summed E-state index contributed by atoms with van der Waals surface area (Å²) in [4.78, 5) is 23.5. The molecule has 3 rings (SSSR count). The molecule has 9 heteroatoms. The average Bonchev–Trinajstić information content (AvgIpc) is 3.12. The molecule has 2 N–H and O–H groups in total. The van der Waals surface area contributed by atoms with Gasteiger partial charge in [0.25, 0.3) is 5.91 Å². The van der Waals surface area contributed by atoms with Crippen LogP contribution in [0.1, 0.15) is 12.5 Å². The first kappa shape index (κ1) is 21.0. The third-order valence-electron chi connectivity index (χ3n) is 4.19. The minimum Gasteiger partial charge on any atom is -0.338 e. The number of alkyl halides is 3. The number of nitrogens with zero attached hydrogens (tertiary/aromatic N) is 2. The lowest BCUT2D eigenvalue weighted by Crippen LogP contribution is -2.31. The maximum Gasteiger partial charge on any atom is 0.417 e. The zero-order chi connectivity index (χ0) is 21.9. The van der Waals surface area contributed by atoms with Crippen LogP contribution in [0.25, 0.3) is 23.0 Å². The molecule has 2 heterocycles. The molecular formula is C21H16F4N4O. The first-order chi connectivity index (χ1) is 14.2. The number of pyridine rings is 1. The Balaban J connectivity index is 2.19. The number of hydrogen-bond acceptors (Lipinski definition) is 3. The van der Waals surface area contributed by atoms with Gasteiger partial charge < -0.3 is 10.3 Å². The number of carbonyl (C=O) groups excluding carboxylic acids is 1. The summed E-state index contributed by atoms with van der Waals surface area (Å²) in [5.74, 6) is -1.65. The summed E-state index contributed by atoms with van der Waals surface area (Å²) in [6.07, 6.45) is 1.04. The van der Waals surface area contributed by atoms with Crippen LogP contribution in [0.4, 0.5) is 23.2 Å². The van der Waals surface area contributed by atoms with Crippen molar-refractivity contribution in [2.24, 2.45) is 0 Å². The number of aromatic amines is 1. The normalized spacial score (nSPS) is 13.2. The van der Waals surface area contributed by atoms with E-state index in [1.165, 1.54) is 18.5 Å². The summed E-state index contributed by atoms with van der Waals surface area (Å²) in [6, 6.07) is 5.37. The second-order valence-electron chi connectivity index (χ2n) is 6.14. The first-order valence-corrected chi connectivity index (χ1v) is 8.72. The molecule has 0 saturated heterocycles. The van der Waals surface area contributed by atoms with Crippen molar-refractivity contribution in [2.75, 3.05) is 5.32 Å². The highest BCUT2D eigenvalue weighted by atomic mass is 19.4. The number of imidazole rings is 1. The lowest BCUT2D eigenvalue weighted by molar-refractivity contribution is -0.137. The van der Waals surface area contributed by atoms with Crippen molar-refractivity contribution in [3.8, 4) is 11.4 Å². The van der Waals surface area contributed by atoms with Gasteiger partial charge in [0.05, 0.1) is 28.4 Å². The van der Waals surface area contributed by atoms with Gasteiger partial charge in [-0.05, 0) is 37.3 Å². The van der Waals surface area contributed by atoms with Crippen molar-refractivity contribution in [3.05, 3.63) is 77.5 Å². The van der Waals surface area contributed by atoms with Crippen LogP contribution in [0, 0.1) is 5.82 Å². The van der Waals surface area contributed by atoms with Crippen molar-refractivity contribution in [1.29, 1.82) is 0 Å². The molecule has 0 fully saturated rings. The number of halogens is 4. The van der Waals surface area contributed by atoms with Crippen molar-refractivity contribution >= 4 is 23.2 Å². The Bertz CT molecular complexity index is 1210. The summed E-state index contributed by atoms with van der Waals surface area (Å²) in [7, 11) is 0. The molecule has 0 saturated carbocycles. The van der Waals surface area contributed by atoms with E-state index in [-0.39, 0.29) is 16.7 Å². The predicted octanol–water partition coefficient (Wildman–Crippen LogP) is 3.41. The second-order valence-corrected chi connectivity index (χ2v) is 6.14. The molecule has 0 spiro atoms. The molecule has 0 atom stereocenters. The van der Waals surface area contributed by atoms with Crippen molar-refractivity contribution in [1.82, 2.24) is 15.0 Å². The lowest BCUT2D eigenvalue weighted by atomic mass is 10.1. The molecule has 30 heavy (non-hydrogen) atoms. The minimum absolute atomic E-state index is 0.0272. The highest BCUT2D eigenvalue weighted by molar-refractivity contribution is 6.23. The largest absolute Gasteiger partial charge is 0.417 e. The average molecular weight is 416 g/mol. The van der Waals surface area contributed by atoms with Crippen LogP contribution in [0.15, 0.2) is 55.4 Å². The van der Waals surface area contributed by atoms with Gasteiger partial charge >= 0.3 is 6.18 Å². The maximum absolute atomic E-state index is 13.7.